The summed E-state index contributed by atoms with van der Waals surface area (Å²) in [5, 5.41) is 8.92. The summed E-state index contributed by atoms with van der Waals surface area (Å²) in [6.45, 7) is 6.83. The number of rotatable bonds is 5. The van der Waals surface area contributed by atoms with E-state index in [4.69, 9.17) is 0 Å². The van der Waals surface area contributed by atoms with Gasteiger partial charge >= 0.3 is 0 Å². The van der Waals surface area contributed by atoms with E-state index in [1.165, 1.54) is 89.0 Å². The Kier molecular flexibility index (Phi) is 7.58. The van der Waals surface area contributed by atoms with Crippen LogP contribution >= 0.6 is 0 Å². The number of piperidine rings is 1. The van der Waals surface area contributed by atoms with Crippen LogP contribution in [0.2, 0.25) is 0 Å². The fourth-order valence-corrected chi connectivity index (χ4v) is 6.99. The third-order valence-corrected chi connectivity index (χ3v) is 9.34. The molecule has 1 saturated heterocycles. The van der Waals surface area contributed by atoms with E-state index in [1.54, 1.807) is 0 Å². The van der Waals surface area contributed by atoms with E-state index in [0.29, 0.717) is 29.5 Å². The Bertz CT molecular complexity index is 994. The molecule has 2 aromatic rings. The van der Waals surface area contributed by atoms with Crippen molar-refractivity contribution in [2.75, 3.05) is 0 Å². The normalized spacial score (nSPS) is 26.6. The van der Waals surface area contributed by atoms with Crippen LogP contribution in [0.3, 0.4) is 0 Å². The predicted molar refractivity (Wildman–Crippen MR) is 146 cm³/mol. The number of para-hydroxylation sites is 1. The average Bonchev–Trinajstić information content (AvgIpc) is 3.60. The molecule has 0 bridgehead atoms. The van der Waals surface area contributed by atoms with Gasteiger partial charge in [0.2, 0.25) is 0 Å². The molecular weight excluding hydrogens is 430 g/mol. The molecule has 35 heavy (non-hydrogen) atoms. The standard InChI is InChI=1S/C31H47N3O/c1-21(2)25-13-11-12-24-20-26(32-28(24)25)30(35)33-29(23-14-15-23)27-22(3)16-19-31(34-27)17-9-7-5-4-6-8-10-18-31/h11-13,20-23,27,29,32,34H,4-10,14-19H2,1-3H3,(H,33,35). The van der Waals surface area contributed by atoms with Crippen LogP contribution in [0, 0.1) is 11.8 Å². The Balaban J connectivity index is 1.34. The Labute approximate surface area is 212 Å². The second-order valence-corrected chi connectivity index (χ2v) is 12.4. The van der Waals surface area contributed by atoms with Gasteiger partial charge in [-0.2, -0.15) is 0 Å². The van der Waals surface area contributed by atoms with Gasteiger partial charge in [0, 0.05) is 28.5 Å². The fourth-order valence-electron chi connectivity index (χ4n) is 6.99. The maximum absolute atomic E-state index is 13.6. The van der Waals surface area contributed by atoms with Crippen LogP contribution in [0.15, 0.2) is 24.3 Å². The number of benzene rings is 1. The molecule has 4 nitrogen and oxygen atoms in total. The summed E-state index contributed by atoms with van der Waals surface area (Å²) in [6.07, 6.45) is 17.4. The number of carbonyl (C=O) groups excluding carboxylic acids is 1. The van der Waals surface area contributed by atoms with Gasteiger partial charge in [-0.25, -0.2) is 0 Å². The molecule has 1 aliphatic heterocycles. The minimum Gasteiger partial charge on any atom is -0.350 e. The topological polar surface area (TPSA) is 56.9 Å². The molecule has 3 unspecified atom stereocenters. The zero-order chi connectivity index (χ0) is 24.4. The van der Waals surface area contributed by atoms with Gasteiger partial charge in [0.25, 0.3) is 5.91 Å². The molecule has 3 fully saturated rings. The van der Waals surface area contributed by atoms with Crippen LogP contribution in [0.25, 0.3) is 10.9 Å². The largest absolute Gasteiger partial charge is 0.350 e. The maximum Gasteiger partial charge on any atom is 0.268 e. The van der Waals surface area contributed by atoms with Gasteiger partial charge in [0.15, 0.2) is 0 Å². The fraction of sp³-hybridized carbons (Fsp3) is 0.710. The number of aromatic nitrogens is 1. The summed E-state index contributed by atoms with van der Waals surface area (Å²) in [6, 6.07) is 9.03. The predicted octanol–water partition coefficient (Wildman–Crippen LogP) is 7.45. The van der Waals surface area contributed by atoms with Crippen LogP contribution in [0.5, 0.6) is 0 Å². The number of carbonyl (C=O) groups is 1. The van der Waals surface area contributed by atoms with Crippen molar-refractivity contribution in [3.8, 4) is 0 Å². The van der Waals surface area contributed by atoms with Crippen molar-refractivity contribution < 1.29 is 4.79 Å². The molecule has 192 valence electrons. The van der Waals surface area contributed by atoms with Crippen LogP contribution in [0.1, 0.15) is 126 Å². The summed E-state index contributed by atoms with van der Waals surface area (Å²) in [7, 11) is 0. The molecule has 4 heteroatoms. The van der Waals surface area contributed by atoms with Gasteiger partial charge in [-0.3, -0.25) is 4.79 Å². The molecule has 2 aliphatic carbocycles. The second kappa shape index (κ2) is 10.7. The number of amides is 1. The number of hydrogen-bond donors (Lipinski definition) is 3. The first kappa shape index (κ1) is 24.9. The highest BCUT2D eigenvalue weighted by Crippen LogP contribution is 2.42. The molecular formula is C31H47N3O. The molecule has 1 spiro atoms. The first-order valence-corrected chi connectivity index (χ1v) is 14.7. The van der Waals surface area contributed by atoms with Gasteiger partial charge in [-0.1, -0.05) is 83.9 Å². The lowest BCUT2D eigenvalue weighted by atomic mass is 9.72. The van der Waals surface area contributed by atoms with Crippen molar-refractivity contribution in [2.45, 2.75) is 128 Å². The van der Waals surface area contributed by atoms with Crippen molar-refractivity contribution in [3.63, 3.8) is 0 Å². The lowest BCUT2D eigenvalue weighted by Crippen LogP contribution is -2.64. The summed E-state index contributed by atoms with van der Waals surface area (Å²) in [4.78, 5) is 17.0. The maximum atomic E-state index is 13.6. The molecule has 0 radical (unpaired) electrons. The molecule has 3 N–H and O–H groups in total. The SMILES string of the molecule is CC(C)c1cccc2cc(C(=O)NC(C3CC3)C3NC4(CCCCCCCCC4)CCC3C)[nH]c12. The van der Waals surface area contributed by atoms with E-state index in [1.807, 2.05) is 6.07 Å². The van der Waals surface area contributed by atoms with Gasteiger partial charge < -0.3 is 15.6 Å². The molecule has 1 aromatic heterocycles. The molecule has 5 rings (SSSR count). The van der Waals surface area contributed by atoms with Gasteiger partial charge in [-0.15, -0.1) is 0 Å². The number of nitrogens with one attached hydrogen (secondary N) is 3. The first-order chi connectivity index (χ1) is 17.0. The van der Waals surface area contributed by atoms with E-state index in [0.717, 1.165) is 10.9 Å². The highest BCUT2D eigenvalue weighted by molar-refractivity contribution is 5.99. The van der Waals surface area contributed by atoms with E-state index < -0.39 is 0 Å². The van der Waals surface area contributed by atoms with Gasteiger partial charge in [0.05, 0.1) is 0 Å². The molecule has 1 amide bonds. The quantitative estimate of drug-likeness (QED) is 0.419. The Hall–Kier alpha value is -1.81. The third-order valence-electron chi connectivity index (χ3n) is 9.34. The smallest absolute Gasteiger partial charge is 0.268 e. The Morgan fingerprint density at radius 3 is 2.31 bits per heavy atom. The van der Waals surface area contributed by atoms with Crippen molar-refractivity contribution in [1.82, 2.24) is 15.6 Å². The monoisotopic (exact) mass is 477 g/mol. The van der Waals surface area contributed by atoms with Crippen molar-refractivity contribution >= 4 is 16.8 Å². The first-order valence-electron chi connectivity index (χ1n) is 14.7. The zero-order valence-electron chi connectivity index (χ0n) is 22.3. The molecule has 1 aromatic carbocycles. The number of hydrogen-bond acceptors (Lipinski definition) is 2. The van der Waals surface area contributed by atoms with Crippen molar-refractivity contribution in [1.29, 1.82) is 0 Å². The minimum absolute atomic E-state index is 0.0624. The third kappa shape index (κ3) is 5.63. The van der Waals surface area contributed by atoms with Crippen molar-refractivity contribution in [3.05, 3.63) is 35.5 Å². The Morgan fingerprint density at radius 2 is 1.66 bits per heavy atom. The molecule has 3 aliphatic rings. The molecule has 3 atom stereocenters. The van der Waals surface area contributed by atoms with E-state index in [-0.39, 0.29) is 17.5 Å². The molecule has 2 saturated carbocycles. The highest BCUT2D eigenvalue weighted by atomic mass is 16.2. The summed E-state index contributed by atoms with van der Waals surface area (Å²) >= 11 is 0. The molecule has 2 heterocycles. The number of aromatic amines is 1. The van der Waals surface area contributed by atoms with Crippen LogP contribution < -0.4 is 10.6 Å². The number of H-pyrrole nitrogens is 1. The average molecular weight is 478 g/mol. The summed E-state index contributed by atoms with van der Waals surface area (Å²) in [5.41, 5.74) is 3.37. The second-order valence-electron chi connectivity index (χ2n) is 12.4. The van der Waals surface area contributed by atoms with Gasteiger partial charge in [-0.05, 0) is 67.9 Å². The van der Waals surface area contributed by atoms with Crippen LogP contribution in [-0.2, 0) is 0 Å². The van der Waals surface area contributed by atoms with E-state index >= 15 is 0 Å². The Morgan fingerprint density at radius 1 is 0.971 bits per heavy atom. The summed E-state index contributed by atoms with van der Waals surface area (Å²) in [5.74, 6) is 1.70. The van der Waals surface area contributed by atoms with Gasteiger partial charge in [0.1, 0.15) is 5.69 Å². The van der Waals surface area contributed by atoms with Crippen LogP contribution in [0.4, 0.5) is 0 Å². The minimum atomic E-state index is 0.0624. The zero-order valence-corrected chi connectivity index (χ0v) is 22.3. The lowest BCUT2D eigenvalue weighted by Gasteiger charge is -2.49. The van der Waals surface area contributed by atoms with Crippen LogP contribution in [-0.4, -0.2) is 28.5 Å². The number of fused-ring (bicyclic) bond motifs is 1. The summed E-state index contributed by atoms with van der Waals surface area (Å²) < 4.78 is 0. The van der Waals surface area contributed by atoms with Crippen molar-refractivity contribution in [2.24, 2.45) is 11.8 Å². The highest BCUT2D eigenvalue weighted by Gasteiger charge is 2.46. The van der Waals surface area contributed by atoms with E-state index in [2.05, 4.69) is 54.6 Å². The van der Waals surface area contributed by atoms with E-state index in [9.17, 15) is 4.79 Å². The lowest BCUT2D eigenvalue weighted by molar-refractivity contribution is 0.0803.